The molecule has 0 saturated heterocycles. The van der Waals surface area contributed by atoms with Crippen molar-refractivity contribution in [3.05, 3.63) is 77.2 Å². The summed E-state index contributed by atoms with van der Waals surface area (Å²) in [5.74, 6) is -0.531. The summed E-state index contributed by atoms with van der Waals surface area (Å²) in [6.07, 6.45) is -2.58. The van der Waals surface area contributed by atoms with Crippen LogP contribution in [-0.4, -0.2) is 30.5 Å². The summed E-state index contributed by atoms with van der Waals surface area (Å²) in [7, 11) is -3.46. The number of halogens is 4. The van der Waals surface area contributed by atoms with Crippen LogP contribution in [-0.2, 0) is 16.2 Å². The Hall–Kier alpha value is -3.57. The van der Waals surface area contributed by atoms with Gasteiger partial charge in [0.05, 0.1) is 17.5 Å². The number of amides is 1. The van der Waals surface area contributed by atoms with Crippen LogP contribution in [0, 0.1) is 0 Å². The number of hydrogen-bond acceptors (Lipinski definition) is 4. The Balaban J connectivity index is 1.61. The lowest BCUT2D eigenvalue weighted by Gasteiger charge is -2.14. The van der Waals surface area contributed by atoms with Crippen molar-refractivity contribution in [2.45, 2.75) is 6.18 Å². The van der Waals surface area contributed by atoms with Gasteiger partial charge in [-0.05, 0) is 42.0 Å². The Kier molecular flexibility index (Phi) is 6.00. The minimum absolute atomic E-state index is 0.176. The van der Waals surface area contributed by atoms with Crippen LogP contribution in [0.2, 0.25) is 5.15 Å². The summed E-state index contributed by atoms with van der Waals surface area (Å²) in [4.78, 5) is 19.4. The van der Waals surface area contributed by atoms with E-state index in [0.717, 1.165) is 18.5 Å². The molecule has 4 aromatic rings. The largest absolute Gasteiger partial charge is 0.417 e. The lowest BCUT2D eigenvalue weighted by atomic mass is 10.0. The third-order valence-electron chi connectivity index (χ3n) is 4.78. The third-order valence-corrected chi connectivity index (χ3v) is 5.59. The zero-order chi connectivity index (χ0) is 24.7. The first-order valence-corrected chi connectivity index (χ1v) is 11.9. The van der Waals surface area contributed by atoms with Gasteiger partial charge in [0.2, 0.25) is 10.0 Å². The predicted molar refractivity (Wildman–Crippen MR) is 124 cm³/mol. The fourth-order valence-corrected chi connectivity index (χ4v) is 4.10. The van der Waals surface area contributed by atoms with Crippen LogP contribution < -0.4 is 10.0 Å². The number of nitrogens with zero attached hydrogens (tertiary/aromatic N) is 1. The third kappa shape index (κ3) is 5.32. The number of pyridine rings is 1. The summed E-state index contributed by atoms with van der Waals surface area (Å²) < 4.78 is 65.6. The minimum atomic E-state index is -4.64. The van der Waals surface area contributed by atoms with Crippen molar-refractivity contribution in [2.24, 2.45) is 0 Å². The number of carbonyl (C=O) groups excluding carboxylic acids is 1. The molecule has 2 heterocycles. The van der Waals surface area contributed by atoms with Crippen molar-refractivity contribution in [1.29, 1.82) is 0 Å². The standard InChI is InChI=1S/C22H16ClF3N4O3S/c1-34(32,33)30-15-6-5-13-8-19(29-18(13)9-15)21(31)28-14-4-2-3-12(7-14)16-11-27-20(23)10-17(16)22(24,25)26/h2-11,29-30H,1H3,(H,28,31). The van der Waals surface area contributed by atoms with Crippen LogP contribution in [0.1, 0.15) is 16.1 Å². The lowest BCUT2D eigenvalue weighted by Crippen LogP contribution is -2.12. The van der Waals surface area contributed by atoms with Gasteiger partial charge in [-0.3, -0.25) is 9.52 Å². The van der Waals surface area contributed by atoms with Crippen molar-refractivity contribution in [1.82, 2.24) is 9.97 Å². The average Bonchev–Trinajstić information content (AvgIpc) is 3.16. The molecule has 0 fully saturated rings. The van der Waals surface area contributed by atoms with Gasteiger partial charge in [0.25, 0.3) is 5.91 Å². The molecule has 0 aliphatic rings. The van der Waals surface area contributed by atoms with Gasteiger partial charge in [0.15, 0.2) is 0 Å². The number of benzene rings is 2. The molecule has 1 amide bonds. The van der Waals surface area contributed by atoms with Crippen molar-refractivity contribution in [3.8, 4) is 11.1 Å². The van der Waals surface area contributed by atoms with Gasteiger partial charge < -0.3 is 10.3 Å². The smallest absolute Gasteiger partial charge is 0.350 e. The maximum atomic E-state index is 13.5. The molecule has 7 nitrogen and oxygen atoms in total. The van der Waals surface area contributed by atoms with E-state index in [2.05, 4.69) is 20.0 Å². The van der Waals surface area contributed by atoms with Crippen LogP contribution in [0.25, 0.3) is 22.0 Å². The Morgan fingerprint density at radius 2 is 1.82 bits per heavy atom. The molecule has 0 aliphatic carbocycles. The van der Waals surface area contributed by atoms with Crippen molar-refractivity contribution in [3.63, 3.8) is 0 Å². The summed E-state index contributed by atoms with van der Waals surface area (Å²) in [6, 6.07) is 13.0. The molecule has 0 unspecified atom stereocenters. The lowest BCUT2D eigenvalue weighted by molar-refractivity contribution is -0.137. The van der Waals surface area contributed by atoms with Crippen LogP contribution >= 0.6 is 11.6 Å². The van der Waals surface area contributed by atoms with E-state index >= 15 is 0 Å². The highest BCUT2D eigenvalue weighted by Crippen LogP contribution is 2.38. The minimum Gasteiger partial charge on any atom is -0.350 e. The molecule has 12 heteroatoms. The second-order valence-corrected chi connectivity index (χ2v) is 9.58. The van der Waals surface area contributed by atoms with E-state index in [4.69, 9.17) is 11.6 Å². The first kappa shape index (κ1) is 23.6. The van der Waals surface area contributed by atoms with Crippen molar-refractivity contribution in [2.75, 3.05) is 16.3 Å². The fraction of sp³-hybridized carbons (Fsp3) is 0.0909. The van der Waals surface area contributed by atoms with E-state index in [-0.39, 0.29) is 27.7 Å². The number of rotatable bonds is 5. The monoisotopic (exact) mass is 508 g/mol. The fourth-order valence-electron chi connectivity index (χ4n) is 3.38. The van der Waals surface area contributed by atoms with E-state index in [1.165, 1.54) is 24.3 Å². The number of alkyl halides is 3. The maximum absolute atomic E-state index is 13.5. The zero-order valence-electron chi connectivity index (χ0n) is 17.4. The van der Waals surface area contributed by atoms with Gasteiger partial charge in [-0.15, -0.1) is 0 Å². The van der Waals surface area contributed by atoms with Crippen LogP contribution in [0.5, 0.6) is 0 Å². The summed E-state index contributed by atoms with van der Waals surface area (Å²) >= 11 is 5.65. The Morgan fingerprint density at radius 1 is 1.06 bits per heavy atom. The molecule has 0 bridgehead atoms. The molecule has 2 aromatic heterocycles. The van der Waals surface area contributed by atoms with E-state index in [1.54, 1.807) is 24.3 Å². The molecule has 3 N–H and O–H groups in total. The first-order chi connectivity index (χ1) is 15.9. The quantitative estimate of drug-likeness (QED) is 0.308. The highest BCUT2D eigenvalue weighted by molar-refractivity contribution is 7.92. The van der Waals surface area contributed by atoms with Gasteiger partial charge in [0, 0.05) is 28.4 Å². The molecule has 34 heavy (non-hydrogen) atoms. The first-order valence-electron chi connectivity index (χ1n) is 9.64. The average molecular weight is 509 g/mol. The molecule has 0 saturated carbocycles. The molecule has 0 radical (unpaired) electrons. The highest BCUT2D eigenvalue weighted by Gasteiger charge is 2.34. The Morgan fingerprint density at radius 3 is 2.53 bits per heavy atom. The maximum Gasteiger partial charge on any atom is 0.417 e. The van der Waals surface area contributed by atoms with E-state index in [1.807, 2.05) is 0 Å². The number of anilines is 2. The van der Waals surface area contributed by atoms with E-state index < -0.39 is 27.7 Å². The summed E-state index contributed by atoms with van der Waals surface area (Å²) in [5.41, 5.74) is 0.380. The van der Waals surface area contributed by atoms with E-state index in [9.17, 15) is 26.4 Å². The number of fused-ring (bicyclic) bond motifs is 1. The topological polar surface area (TPSA) is 104 Å². The molecule has 2 aromatic carbocycles. The van der Waals surface area contributed by atoms with Crippen molar-refractivity contribution < 1.29 is 26.4 Å². The molecule has 0 spiro atoms. The number of hydrogen-bond donors (Lipinski definition) is 3. The van der Waals surface area contributed by atoms with Gasteiger partial charge in [-0.25, -0.2) is 13.4 Å². The van der Waals surface area contributed by atoms with E-state index in [0.29, 0.717) is 16.6 Å². The number of aromatic nitrogens is 2. The SMILES string of the molecule is CS(=O)(=O)Nc1ccc2cc(C(=O)Nc3cccc(-c4cnc(Cl)cc4C(F)(F)F)c3)[nH]c2c1. The summed E-state index contributed by atoms with van der Waals surface area (Å²) in [6.45, 7) is 0. The molecule has 0 aliphatic heterocycles. The molecular weight excluding hydrogens is 493 g/mol. The van der Waals surface area contributed by atoms with Crippen LogP contribution in [0.3, 0.4) is 0 Å². The molecule has 176 valence electrons. The van der Waals surface area contributed by atoms with Crippen LogP contribution in [0.15, 0.2) is 60.8 Å². The van der Waals surface area contributed by atoms with Gasteiger partial charge in [0.1, 0.15) is 10.8 Å². The molecule has 0 atom stereocenters. The predicted octanol–water partition coefficient (Wildman–Crippen LogP) is 5.53. The Labute approximate surface area is 197 Å². The highest BCUT2D eigenvalue weighted by atomic mass is 35.5. The van der Waals surface area contributed by atoms with Gasteiger partial charge in [-0.2, -0.15) is 13.2 Å². The second-order valence-electron chi connectivity index (χ2n) is 7.44. The Bertz CT molecular complexity index is 1520. The van der Waals surface area contributed by atoms with Gasteiger partial charge in [-0.1, -0.05) is 29.8 Å². The zero-order valence-corrected chi connectivity index (χ0v) is 18.9. The number of carbonyl (C=O) groups is 1. The number of H-pyrrole nitrogens is 1. The number of sulfonamides is 1. The molecular formula is C22H16ClF3N4O3S. The normalized spacial score (nSPS) is 12.0. The number of aromatic amines is 1. The number of nitrogens with one attached hydrogen (secondary N) is 3. The van der Waals surface area contributed by atoms with Crippen LogP contribution in [0.4, 0.5) is 24.5 Å². The van der Waals surface area contributed by atoms with Gasteiger partial charge >= 0.3 is 6.18 Å². The second kappa shape index (κ2) is 8.65. The molecule has 4 rings (SSSR count). The summed E-state index contributed by atoms with van der Waals surface area (Å²) in [5, 5.41) is 3.03. The van der Waals surface area contributed by atoms with Crippen molar-refractivity contribution >= 4 is 49.8 Å².